The summed E-state index contributed by atoms with van der Waals surface area (Å²) in [6.45, 7) is 3.90. The van der Waals surface area contributed by atoms with Gasteiger partial charge in [0.05, 0.1) is 0 Å². The van der Waals surface area contributed by atoms with E-state index in [-0.39, 0.29) is 0 Å². The molecule has 2 nitrogen and oxygen atoms in total. The number of hydrogen-bond donors (Lipinski definition) is 0. The molecule has 1 aromatic rings. The minimum Gasteiger partial charge on any atom is -0.369 e. The molecule has 1 aliphatic heterocycles. The molecule has 1 aromatic carbocycles. The van der Waals surface area contributed by atoms with Crippen LogP contribution in [0.1, 0.15) is 11.1 Å². The molecule has 0 aliphatic carbocycles. The average Bonchev–Trinajstić information content (AvgIpc) is 2.30. The monoisotopic (exact) mass is 257 g/mol. The number of hydrogen-bond acceptors (Lipinski definition) is 2. The molecule has 16 heavy (non-hydrogen) atoms. The highest BCUT2D eigenvalue weighted by Gasteiger charge is 2.16. The van der Waals surface area contributed by atoms with E-state index < -0.39 is 10.8 Å². The maximum absolute atomic E-state index is 11.3. The van der Waals surface area contributed by atoms with Crippen molar-refractivity contribution in [1.29, 1.82) is 0 Å². The third kappa shape index (κ3) is 2.58. The average molecular weight is 258 g/mol. The number of rotatable bonds is 2. The van der Waals surface area contributed by atoms with Gasteiger partial charge in [-0.15, -0.1) is 11.6 Å². The van der Waals surface area contributed by atoms with E-state index in [0.29, 0.717) is 5.88 Å². The molecule has 0 N–H and O–H groups in total. The first kappa shape index (κ1) is 11.9. The quantitative estimate of drug-likeness (QED) is 0.758. The van der Waals surface area contributed by atoms with Crippen LogP contribution >= 0.6 is 11.6 Å². The molecule has 2 rings (SSSR count). The maximum atomic E-state index is 11.3. The van der Waals surface area contributed by atoms with Gasteiger partial charge in [0.15, 0.2) is 0 Å². The van der Waals surface area contributed by atoms with E-state index in [4.69, 9.17) is 11.6 Å². The van der Waals surface area contributed by atoms with E-state index in [1.54, 1.807) is 0 Å². The number of alkyl halides is 1. The predicted molar refractivity (Wildman–Crippen MR) is 70.8 cm³/mol. The fraction of sp³-hybridized carbons (Fsp3) is 0.500. The molecule has 1 aliphatic rings. The summed E-state index contributed by atoms with van der Waals surface area (Å²) in [5, 5.41) is 0. The van der Waals surface area contributed by atoms with Gasteiger partial charge in [0.2, 0.25) is 0 Å². The second-order valence-corrected chi connectivity index (χ2v) is 6.05. The molecular formula is C12H16ClNOS. The molecule has 0 bridgehead atoms. The smallest absolute Gasteiger partial charge is 0.0474 e. The van der Waals surface area contributed by atoms with Crippen molar-refractivity contribution < 1.29 is 4.21 Å². The topological polar surface area (TPSA) is 20.3 Å². The highest BCUT2D eigenvalue weighted by molar-refractivity contribution is 7.85. The zero-order valence-corrected chi connectivity index (χ0v) is 11.0. The molecule has 0 radical (unpaired) electrons. The van der Waals surface area contributed by atoms with Crippen LogP contribution < -0.4 is 4.90 Å². The Kier molecular flexibility index (Phi) is 3.87. The van der Waals surface area contributed by atoms with Gasteiger partial charge in [0.1, 0.15) is 0 Å². The summed E-state index contributed by atoms with van der Waals surface area (Å²) < 4.78 is 11.3. The van der Waals surface area contributed by atoms with Gasteiger partial charge in [0, 0.05) is 47.0 Å². The Morgan fingerprint density at radius 3 is 2.62 bits per heavy atom. The first-order valence-corrected chi connectivity index (χ1v) is 7.48. The van der Waals surface area contributed by atoms with Gasteiger partial charge >= 0.3 is 0 Å². The Labute approximate surface area is 104 Å². The van der Waals surface area contributed by atoms with Crippen LogP contribution in [-0.4, -0.2) is 28.8 Å². The van der Waals surface area contributed by atoms with E-state index in [9.17, 15) is 4.21 Å². The Hall–Kier alpha value is -0.540. The van der Waals surface area contributed by atoms with Gasteiger partial charge in [-0.1, -0.05) is 12.1 Å². The lowest BCUT2D eigenvalue weighted by Crippen LogP contribution is -2.38. The summed E-state index contributed by atoms with van der Waals surface area (Å²) in [5.41, 5.74) is 3.67. The number of anilines is 1. The van der Waals surface area contributed by atoms with Gasteiger partial charge in [-0.05, 0) is 24.1 Å². The lowest BCUT2D eigenvalue weighted by atomic mass is 10.1. The third-order valence-corrected chi connectivity index (χ3v) is 4.52. The second kappa shape index (κ2) is 5.19. The molecule has 4 heteroatoms. The molecule has 1 fully saturated rings. The standard InChI is InChI=1S/C12H16ClNOS/c1-10-8-11(9-13)2-3-12(10)14-4-6-16(15)7-5-14/h2-3,8H,4-7,9H2,1H3. The van der Waals surface area contributed by atoms with Crippen molar-refractivity contribution in [3.8, 4) is 0 Å². The van der Waals surface area contributed by atoms with Crippen molar-refractivity contribution in [2.45, 2.75) is 12.8 Å². The summed E-state index contributed by atoms with van der Waals surface area (Å²) in [4.78, 5) is 2.31. The van der Waals surface area contributed by atoms with Crippen LogP contribution in [0.4, 0.5) is 5.69 Å². The van der Waals surface area contributed by atoms with E-state index in [2.05, 4.69) is 30.0 Å². The van der Waals surface area contributed by atoms with Crippen molar-refractivity contribution in [3.05, 3.63) is 29.3 Å². The Bertz CT molecular complexity index is 398. The molecular weight excluding hydrogens is 242 g/mol. The fourth-order valence-electron chi connectivity index (χ4n) is 2.03. The molecule has 0 spiro atoms. The molecule has 88 valence electrons. The van der Waals surface area contributed by atoms with Crippen molar-refractivity contribution in [2.75, 3.05) is 29.5 Å². The zero-order chi connectivity index (χ0) is 11.5. The Morgan fingerprint density at radius 1 is 1.38 bits per heavy atom. The number of nitrogens with zero attached hydrogens (tertiary/aromatic N) is 1. The number of benzene rings is 1. The van der Waals surface area contributed by atoms with Gasteiger partial charge < -0.3 is 4.90 Å². The van der Waals surface area contributed by atoms with E-state index in [1.807, 2.05) is 0 Å². The van der Waals surface area contributed by atoms with Crippen LogP contribution in [0.3, 0.4) is 0 Å². The summed E-state index contributed by atoms with van der Waals surface area (Å²) >= 11 is 5.80. The van der Waals surface area contributed by atoms with Crippen LogP contribution in [0.25, 0.3) is 0 Å². The highest BCUT2D eigenvalue weighted by Crippen LogP contribution is 2.23. The first-order chi connectivity index (χ1) is 7.70. The van der Waals surface area contributed by atoms with Crippen LogP contribution in [0, 0.1) is 6.92 Å². The molecule has 1 heterocycles. The number of aryl methyl sites for hydroxylation is 1. The van der Waals surface area contributed by atoms with Crippen LogP contribution in [0.5, 0.6) is 0 Å². The van der Waals surface area contributed by atoms with Crippen LogP contribution in [0.2, 0.25) is 0 Å². The third-order valence-electron chi connectivity index (χ3n) is 2.93. The predicted octanol–water partition coefficient (Wildman–Crippen LogP) is 2.30. The maximum Gasteiger partial charge on any atom is 0.0474 e. The summed E-state index contributed by atoms with van der Waals surface area (Å²) in [5.74, 6) is 2.14. The van der Waals surface area contributed by atoms with E-state index >= 15 is 0 Å². The van der Waals surface area contributed by atoms with E-state index in [1.165, 1.54) is 11.3 Å². The molecule has 0 amide bonds. The molecule has 0 unspecified atom stereocenters. The summed E-state index contributed by atoms with van der Waals surface area (Å²) in [7, 11) is -0.610. The summed E-state index contributed by atoms with van der Waals surface area (Å²) in [6, 6.07) is 6.33. The zero-order valence-electron chi connectivity index (χ0n) is 9.41. The normalized spacial score (nSPS) is 17.8. The number of halogens is 1. The minimum absolute atomic E-state index is 0.561. The van der Waals surface area contributed by atoms with Crippen LogP contribution in [0.15, 0.2) is 18.2 Å². The SMILES string of the molecule is Cc1cc(CCl)ccc1N1CCS(=O)CC1. The minimum atomic E-state index is -0.610. The van der Waals surface area contributed by atoms with Gasteiger partial charge in [-0.3, -0.25) is 4.21 Å². The highest BCUT2D eigenvalue weighted by atomic mass is 35.5. The molecule has 0 saturated carbocycles. The lowest BCUT2D eigenvalue weighted by molar-refractivity contribution is 0.673. The Morgan fingerprint density at radius 2 is 2.06 bits per heavy atom. The second-order valence-electron chi connectivity index (χ2n) is 4.09. The Balaban J connectivity index is 2.17. The van der Waals surface area contributed by atoms with E-state index in [0.717, 1.165) is 30.2 Å². The lowest BCUT2D eigenvalue weighted by Gasteiger charge is -2.29. The largest absolute Gasteiger partial charge is 0.369 e. The fourth-order valence-corrected chi connectivity index (χ4v) is 3.25. The molecule has 1 saturated heterocycles. The van der Waals surface area contributed by atoms with Crippen molar-refractivity contribution in [2.24, 2.45) is 0 Å². The van der Waals surface area contributed by atoms with Crippen molar-refractivity contribution in [3.63, 3.8) is 0 Å². The van der Waals surface area contributed by atoms with Gasteiger partial charge in [-0.2, -0.15) is 0 Å². The molecule has 0 aromatic heterocycles. The van der Waals surface area contributed by atoms with Gasteiger partial charge in [0.25, 0.3) is 0 Å². The van der Waals surface area contributed by atoms with Crippen molar-refractivity contribution >= 4 is 28.1 Å². The van der Waals surface area contributed by atoms with Crippen LogP contribution in [-0.2, 0) is 16.7 Å². The molecule has 0 atom stereocenters. The van der Waals surface area contributed by atoms with Gasteiger partial charge in [-0.25, -0.2) is 0 Å². The summed E-state index contributed by atoms with van der Waals surface area (Å²) in [6.07, 6.45) is 0. The van der Waals surface area contributed by atoms with Crippen molar-refractivity contribution in [1.82, 2.24) is 0 Å². The first-order valence-electron chi connectivity index (χ1n) is 5.46.